The number of sulfonamides is 1. The van der Waals surface area contributed by atoms with Crippen molar-refractivity contribution < 1.29 is 8.42 Å². The molecule has 1 aliphatic heterocycles. The number of hydrogen-bond acceptors (Lipinski definition) is 4. The molecule has 1 saturated heterocycles. The molecule has 0 spiro atoms. The van der Waals surface area contributed by atoms with Crippen LogP contribution >= 0.6 is 11.6 Å². The molecule has 26 heavy (non-hydrogen) atoms. The molecule has 0 unspecified atom stereocenters. The molecule has 0 amide bonds. The fourth-order valence-corrected chi connectivity index (χ4v) is 4.83. The van der Waals surface area contributed by atoms with E-state index in [1.165, 1.54) is 0 Å². The second kappa shape index (κ2) is 6.72. The lowest BCUT2D eigenvalue weighted by Crippen LogP contribution is -2.36. The number of fused-ring (bicyclic) bond motifs is 3. The van der Waals surface area contributed by atoms with Gasteiger partial charge in [-0.25, -0.2) is 17.7 Å². The van der Waals surface area contributed by atoms with Crippen molar-refractivity contribution in [3.8, 4) is 0 Å². The standard InChI is InChI=1S/C18H21ClN4O2S/c1-2-26(24,25)22-9-4-8-21(11-12-22)18-17-5-3-10-23(17)16-7-6-14(19)13-15(16)20-18/h3,5-7,10,13H,2,4,8-9,11-12H2,1H3. The van der Waals surface area contributed by atoms with E-state index in [4.69, 9.17) is 16.6 Å². The lowest BCUT2D eigenvalue weighted by Gasteiger charge is -2.24. The zero-order chi connectivity index (χ0) is 18.3. The Morgan fingerprint density at radius 2 is 1.96 bits per heavy atom. The molecule has 1 aromatic carbocycles. The molecule has 0 aliphatic carbocycles. The Balaban J connectivity index is 1.75. The normalized spacial score (nSPS) is 17.1. The summed E-state index contributed by atoms with van der Waals surface area (Å²) in [6, 6.07) is 9.75. The summed E-state index contributed by atoms with van der Waals surface area (Å²) < 4.78 is 28.1. The van der Waals surface area contributed by atoms with Gasteiger partial charge in [-0.3, -0.25) is 0 Å². The van der Waals surface area contributed by atoms with Crippen LogP contribution in [0.25, 0.3) is 16.6 Å². The molecule has 0 saturated carbocycles. The second-order valence-corrected chi connectivity index (χ2v) is 9.17. The molecular weight excluding hydrogens is 372 g/mol. The number of rotatable bonds is 3. The van der Waals surface area contributed by atoms with E-state index in [0.717, 1.165) is 35.3 Å². The number of benzene rings is 1. The van der Waals surface area contributed by atoms with Gasteiger partial charge in [0.1, 0.15) is 0 Å². The highest BCUT2D eigenvalue weighted by Gasteiger charge is 2.25. The predicted molar refractivity (Wildman–Crippen MR) is 106 cm³/mol. The quantitative estimate of drug-likeness (QED) is 0.687. The van der Waals surface area contributed by atoms with Crippen LogP contribution in [-0.4, -0.2) is 54.0 Å². The number of nitrogens with zero attached hydrogens (tertiary/aromatic N) is 4. The van der Waals surface area contributed by atoms with Crippen LogP contribution in [0.15, 0.2) is 36.5 Å². The van der Waals surface area contributed by atoms with Gasteiger partial charge in [0, 0.05) is 37.4 Å². The molecule has 3 aromatic rings. The molecule has 0 bridgehead atoms. The third-order valence-corrected chi connectivity index (χ3v) is 7.03. The van der Waals surface area contributed by atoms with Gasteiger partial charge in [0.15, 0.2) is 5.82 Å². The monoisotopic (exact) mass is 392 g/mol. The van der Waals surface area contributed by atoms with Crippen LogP contribution in [0.5, 0.6) is 0 Å². The second-order valence-electron chi connectivity index (χ2n) is 6.47. The van der Waals surface area contributed by atoms with Crippen LogP contribution in [-0.2, 0) is 10.0 Å². The molecule has 138 valence electrons. The molecule has 1 fully saturated rings. The third-order valence-electron chi connectivity index (χ3n) is 4.91. The van der Waals surface area contributed by atoms with E-state index in [-0.39, 0.29) is 5.75 Å². The molecule has 4 rings (SSSR count). The van der Waals surface area contributed by atoms with Crippen LogP contribution in [0.3, 0.4) is 0 Å². The van der Waals surface area contributed by atoms with Crippen molar-refractivity contribution in [2.24, 2.45) is 0 Å². The van der Waals surface area contributed by atoms with E-state index in [1.54, 1.807) is 11.2 Å². The molecule has 3 heterocycles. The summed E-state index contributed by atoms with van der Waals surface area (Å²) in [5, 5.41) is 0.651. The predicted octanol–water partition coefficient (Wildman–Crippen LogP) is 3.00. The minimum atomic E-state index is -3.16. The Morgan fingerprint density at radius 3 is 2.77 bits per heavy atom. The number of halogens is 1. The molecular formula is C18H21ClN4O2S. The minimum Gasteiger partial charge on any atom is -0.353 e. The first-order valence-electron chi connectivity index (χ1n) is 8.79. The maximum absolute atomic E-state index is 12.2. The lowest BCUT2D eigenvalue weighted by molar-refractivity contribution is 0.434. The zero-order valence-corrected chi connectivity index (χ0v) is 16.2. The van der Waals surface area contributed by atoms with Gasteiger partial charge in [0.2, 0.25) is 10.0 Å². The molecule has 6 nitrogen and oxygen atoms in total. The van der Waals surface area contributed by atoms with Crippen molar-refractivity contribution in [1.82, 2.24) is 13.7 Å². The SMILES string of the molecule is CCS(=O)(=O)N1CCCN(c2nc3cc(Cl)ccc3n3cccc23)CC1. The minimum absolute atomic E-state index is 0.142. The van der Waals surface area contributed by atoms with E-state index in [9.17, 15) is 8.42 Å². The zero-order valence-electron chi connectivity index (χ0n) is 14.6. The van der Waals surface area contributed by atoms with Gasteiger partial charge in [-0.05, 0) is 43.7 Å². The molecule has 2 aromatic heterocycles. The number of hydrogen-bond donors (Lipinski definition) is 0. The van der Waals surface area contributed by atoms with Crippen LogP contribution in [0, 0.1) is 0 Å². The maximum Gasteiger partial charge on any atom is 0.213 e. The van der Waals surface area contributed by atoms with Crippen molar-refractivity contribution in [2.75, 3.05) is 36.8 Å². The van der Waals surface area contributed by atoms with Gasteiger partial charge in [0.05, 0.1) is 22.3 Å². The summed E-state index contributed by atoms with van der Waals surface area (Å²) in [6.45, 7) is 4.13. The van der Waals surface area contributed by atoms with Crippen LogP contribution < -0.4 is 4.90 Å². The summed E-state index contributed by atoms with van der Waals surface area (Å²) >= 11 is 6.16. The van der Waals surface area contributed by atoms with Crippen LogP contribution in [0.2, 0.25) is 5.02 Å². The average Bonchev–Trinajstić information content (AvgIpc) is 2.98. The average molecular weight is 393 g/mol. The van der Waals surface area contributed by atoms with Crippen molar-refractivity contribution in [2.45, 2.75) is 13.3 Å². The Kier molecular flexibility index (Phi) is 4.54. The Labute approximate surface area is 158 Å². The van der Waals surface area contributed by atoms with Gasteiger partial charge < -0.3 is 9.30 Å². The largest absolute Gasteiger partial charge is 0.353 e. The topological polar surface area (TPSA) is 57.9 Å². The van der Waals surface area contributed by atoms with Gasteiger partial charge in [-0.1, -0.05) is 11.6 Å². The van der Waals surface area contributed by atoms with Gasteiger partial charge in [-0.15, -0.1) is 0 Å². The Bertz CT molecular complexity index is 1060. The fraction of sp³-hybridized carbons (Fsp3) is 0.389. The fourth-order valence-electron chi connectivity index (χ4n) is 3.53. The van der Waals surface area contributed by atoms with Gasteiger partial charge in [-0.2, -0.15) is 0 Å². The van der Waals surface area contributed by atoms with Crippen molar-refractivity contribution in [1.29, 1.82) is 0 Å². The molecule has 0 N–H and O–H groups in total. The first kappa shape index (κ1) is 17.6. The first-order chi connectivity index (χ1) is 12.5. The summed E-state index contributed by atoms with van der Waals surface area (Å²) in [5.41, 5.74) is 2.85. The first-order valence-corrected chi connectivity index (χ1v) is 10.8. The number of anilines is 1. The van der Waals surface area contributed by atoms with E-state index < -0.39 is 10.0 Å². The van der Waals surface area contributed by atoms with Gasteiger partial charge in [0.25, 0.3) is 0 Å². The van der Waals surface area contributed by atoms with Crippen LogP contribution in [0.4, 0.5) is 5.82 Å². The smallest absolute Gasteiger partial charge is 0.213 e. The summed E-state index contributed by atoms with van der Waals surface area (Å²) in [5.74, 6) is 1.02. The van der Waals surface area contributed by atoms with E-state index in [2.05, 4.69) is 9.30 Å². The summed E-state index contributed by atoms with van der Waals surface area (Å²) in [6.07, 6.45) is 2.80. The van der Waals surface area contributed by atoms with E-state index in [1.807, 2.05) is 36.5 Å². The summed E-state index contributed by atoms with van der Waals surface area (Å²) in [4.78, 5) is 7.04. The Morgan fingerprint density at radius 1 is 1.12 bits per heavy atom. The number of aromatic nitrogens is 2. The van der Waals surface area contributed by atoms with E-state index in [0.29, 0.717) is 24.7 Å². The van der Waals surface area contributed by atoms with E-state index >= 15 is 0 Å². The summed E-state index contributed by atoms with van der Waals surface area (Å²) in [7, 11) is -3.16. The highest BCUT2D eigenvalue weighted by molar-refractivity contribution is 7.89. The highest BCUT2D eigenvalue weighted by atomic mass is 35.5. The Hall–Kier alpha value is -1.83. The van der Waals surface area contributed by atoms with Crippen molar-refractivity contribution >= 4 is 44.0 Å². The molecule has 0 radical (unpaired) electrons. The molecule has 0 atom stereocenters. The van der Waals surface area contributed by atoms with Crippen molar-refractivity contribution in [3.63, 3.8) is 0 Å². The highest BCUT2D eigenvalue weighted by Crippen LogP contribution is 2.28. The van der Waals surface area contributed by atoms with Crippen molar-refractivity contribution in [3.05, 3.63) is 41.6 Å². The van der Waals surface area contributed by atoms with Crippen LogP contribution in [0.1, 0.15) is 13.3 Å². The maximum atomic E-state index is 12.2. The molecule has 8 heteroatoms. The third kappa shape index (κ3) is 3.04. The van der Waals surface area contributed by atoms with Gasteiger partial charge >= 0.3 is 0 Å². The molecule has 1 aliphatic rings. The lowest BCUT2D eigenvalue weighted by atomic mass is 10.2.